The zero-order chi connectivity index (χ0) is 19.7. The lowest BCUT2D eigenvalue weighted by atomic mass is 10.1. The second-order valence-electron chi connectivity index (χ2n) is 6.35. The Morgan fingerprint density at radius 1 is 1.14 bits per heavy atom. The fraction of sp³-hybridized carbons (Fsp3) is 0.211. The zero-order valence-corrected chi connectivity index (χ0v) is 15.4. The summed E-state index contributed by atoms with van der Waals surface area (Å²) in [5.41, 5.74) is 0.592. The number of carbonyl (C=O) groups is 2. The molecule has 9 heteroatoms. The first-order chi connectivity index (χ1) is 13.5. The van der Waals surface area contributed by atoms with Crippen LogP contribution in [0.5, 0.6) is 0 Å². The summed E-state index contributed by atoms with van der Waals surface area (Å²) in [7, 11) is 0. The van der Waals surface area contributed by atoms with Gasteiger partial charge in [0.15, 0.2) is 5.17 Å². The summed E-state index contributed by atoms with van der Waals surface area (Å²) >= 11 is 1.73. The second kappa shape index (κ2) is 7.59. The van der Waals surface area contributed by atoms with Crippen molar-refractivity contribution >= 4 is 34.6 Å². The molecular formula is C19H16F2N4O2S. The van der Waals surface area contributed by atoms with Gasteiger partial charge in [0.25, 0.3) is 5.91 Å². The topological polar surface area (TPSA) is 73.8 Å². The van der Waals surface area contributed by atoms with E-state index in [-0.39, 0.29) is 6.04 Å². The Labute approximate surface area is 164 Å². The van der Waals surface area contributed by atoms with Crippen molar-refractivity contribution < 1.29 is 18.4 Å². The fourth-order valence-electron chi connectivity index (χ4n) is 3.15. The minimum Gasteiger partial charge on any atom is -0.348 e. The highest BCUT2D eigenvalue weighted by Gasteiger charge is 2.30. The molecule has 144 valence electrons. The number of fused-ring (bicyclic) bond motifs is 1. The molecule has 4 rings (SSSR count). The number of urea groups is 1. The number of imide groups is 1. The number of nitrogens with one attached hydrogen (secondary N) is 2. The molecule has 0 aromatic heterocycles. The van der Waals surface area contributed by atoms with Gasteiger partial charge in [0.05, 0.1) is 6.04 Å². The Bertz CT molecular complexity index is 962. The van der Waals surface area contributed by atoms with Crippen molar-refractivity contribution in [1.82, 2.24) is 10.2 Å². The van der Waals surface area contributed by atoms with Gasteiger partial charge in [-0.15, -0.1) is 0 Å². The molecule has 1 unspecified atom stereocenters. The van der Waals surface area contributed by atoms with Crippen molar-refractivity contribution in [3.8, 4) is 0 Å². The second-order valence-corrected chi connectivity index (χ2v) is 7.41. The molecule has 1 atom stereocenters. The minimum absolute atomic E-state index is 0.0123. The van der Waals surface area contributed by atoms with Gasteiger partial charge in [-0.25, -0.2) is 13.6 Å². The third kappa shape index (κ3) is 3.70. The van der Waals surface area contributed by atoms with Crippen LogP contribution in [-0.2, 0) is 0 Å². The van der Waals surface area contributed by atoms with E-state index in [1.54, 1.807) is 30.0 Å². The molecule has 2 aliphatic rings. The zero-order valence-electron chi connectivity index (χ0n) is 14.6. The molecule has 2 heterocycles. The first kappa shape index (κ1) is 18.4. The number of hydrogen-bond donors (Lipinski definition) is 2. The van der Waals surface area contributed by atoms with Gasteiger partial charge in [-0.3, -0.25) is 15.1 Å². The molecule has 0 aliphatic carbocycles. The number of aliphatic imine (C=N–C) groups is 1. The van der Waals surface area contributed by atoms with Gasteiger partial charge < -0.3 is 10.2 Å². The molecule has 6 nitrogen and oxygen atoms in total. The highest BCUT2D eigenvalue weighted by Crippen LogP contribution is 2.33. The molecule has 2 aliphatic heterocycles. The molecule has 0 bridgehead atoms. The molecule has 0 spiro atoms. The lowest BCUT2D eigenvalue weighted by Gasteiger charge is -2.14. The third-order valence-corrected chi connectivity index (χ3v) is 5.48. The van der Waals surface area contributed by atoms with Crippen molar-refractivity contribution in [2.24, 2.45) is 4.99 Å². The Balaban J connectivity index is 1.43. The molecule has 1 saturated heterocycles. The maximum atomic E-state index is 13.7. The smallest absolute Gasteiger partial charge is 0.326 e. The van der Waals surface area contributed by atoms with Crippen LogP contribution in [0.4, 0.5) is 19.3 Å². The summed E-state index contributed by atoms with van der Waals surface area (Å²) in [6, 6.07) is 9.29. The van der Waals surface area contributed by atoms with E-state index in [9.17, 15) is 18.4 Å². The summed E-state index contributed by atoms with van der Waals surface area (Å²) in [6.07, 6.45) is 0. The van der Waals surface area contributed by atoms with Gasteiger partial charge in [-0.05, 0) is 29.8 Å². The van der Waals surface area contributed by atoms with Crippen molar-refractivity contribution in [3.05, 3.63) is 65.2 Å². The van der Waals surface area contributed by atoms with E-state index in [1.165, 1.54) is 0 Å². The Morgan fingerprint density at radius 3 is 2.64 bits per heavy atom. The average molecular weight is 402 g/mol. The van der Waals surface area contributed by atoms with E-state index in [0.29, 0.717) is 5.69 Å². The first-order valence-corrected chi connectivity index (χ1v) is 9.61. The van der Waals surface area contributed by atoms with Crippen molar-refractivity contribution in [3.63, 3.8) is 0 Å². The summed E-state index contributed by atoms with van der Waals surface area (Å²) in [6.45, 7) is 1.78. The van der Waals surface area contributed by atoms with E-state index in [0.717, 1.165) is 47.8 Å². The van der Waals surface area contributed by atoms with Crippen LogP contribution in [0, 0.1) is 11.6 Å². The van der Waals surface area contributed by atoms with Crippen LogP contribution in [0.1, 0.15) is 22.0 Å². The van der Waals surface area contributed by atoms with E-state index >= 15 is 0 Å². The number of amides is 3. The average Bonchev–Trinajstić information content (AvgIpc) is 3.23. The van der Waals surface area contributed by atoms with Crippen LogP contribution in [0.25, 0.3) is 0 Å². The monoisotopic (exact) mass is 402 g/mol. The van der Waals surface area contributed by atoms with E-state index in [1.807, 2.05) is 11.4 Å². The Kier molecular flexibility index (Phi) is 4.99. The van der Waals surface area contributed by atoms with Crippen LogP contribution in [-0.4, -0.2) is 40.8 Å². The molecular weight excluding hydrogens is 386 g/mol. The molecule has 1 fully saturated rings. The number of halogens is 2. The number of carbonyl (C=O) groups excluding carboxylic acids is 2. The Morgan fingerprint density at radius 2 is 1.89 bits per heavy atom. The van der Waals surface area contributed by atoms with Gasteiger partial charge in [-0.1, -0.05) is 30.0 Å². The van der Waals surface area contributed by atoms with Crippen molar-refractivity contribution in [2.45, 2.75) is 6.04 Å². The molecule has 28 heavy (non-hydrogen) atoms. The van der Waals surface area contributed by atoms with Gasteiger partial charge in [0.1, 0.15) is 17.2 Å². The van der Waals surface area contributed by atoms with Gasteiger partial charge in [0, 0.05) is 24.5 Å². The fourth-order valence-corrected chi connectivity index (χ4v) is 4.20. The quantitative estimate of drug-likeness (QED) is 0.826. The molecule has 0 saturated carbocycles. The maximum Gasteiger partial charge on any atom is 0.326 e. The highest BCUT2D eigenvalue weighted by atomic mass is 32.2. The van der Waals surface area contributed by atoms with E-state index in [4.69, 9.17) is 0 Å². The summed E-state index contributed by atoms with van der Waals surface area (Å²) in [4.78, 5) is 31.0. The van der Waals surface area contributed by atoms with E-state index in [2.05, 4.69) is 15.2 Å². The maximum absolute atomic E-state index is 13.7. The first-order valence-electron chi connectivity index (χ1n) is 8.63. The lowest BCUT2D eigenvalue weighted by Crippen LogP contribution is -2.35. The number of anilines is 1. The Hall–Kier alpha value is -2.94. The largest absolute Gasteiger partial charge is 0.348 e. The number of rotatable bonds is 3. The predicted octanol–water partition coefficient (Wildman–Crippen LogP) is 3.39. The standard InChI is InChI=1S/C19H16F2N4O2S/c20-13-5-2-6-14(21)16(13)17(26)24-18(27)22-12-4-1-3-11(9-12)15-10-25-7-8-28-19(25)23-15/h1-6,9,15H,7-8,10H2,(H2,22,24,26,27). The SMILES string of the molecule is O=C(NC(=O)c1c(F)cccc1F)Nc1cccc(C2CN3CCSC3=N2)c1. The van der Waals surface area contributed by atoms with Crippen LogP contribution in [0.3, 0.4) is 0 Å². The summed E-state index contributed by atoms with van der Waals surface area (Å²) < 4.78 is 27.3. The van der Waals surface area contributed by atoms with Crippen molar-refractivity contribution in [1.29, 1.82) is 0 Å². The number of nitrogens with zero attached hydrogens (tertiary/aromatic N) is 2. The molecule has 0 radical (unpaired) electrons. The minimum atomic E-state index is -1.15. The van der Waals surface area contributed by atoms with Crippen LogP contribution < -0.4 is 10.6 Å². The molecule has 2 aromatic rings. The van der Waals surface area contributed by atoms with Crippen molar-refractivity contribution in [2.75, 3.05) is 24.2 Å². The number of benzene rings is 2. The molecule has 2 aromatic carbocycles. The number of amidine groups is 1. The normalized spacial score (nSPS) is 17.9. The molecule has 3 amide bonds. The highest BCUT2D eigenvalue weighted by molar-refractivity contribution is 8.14. The van der Waals surface area contributed by atoms with E-state index < -0.39 is 29.1 Å². The summed E-state index contributed by atoms with van der Waals surface area (Å²) in [5, 5.41) is 5.49. The number of hydrogen-bond acceptors (Lipinski definition) is 5. The van der Waals surface area contributed by atoms with Crippen LogP contribution in [0.15, 0.2) is 47.5 Å². The van der Waals surface area contributed by atoms with Crippen LogP contribution >= 0.6 is 11.8 Å². The van der Waals surface area contributed by atoms with Crippen LogP contribution in [0.2, 0.25) is 0 Å². The number of thioether (sulfide) groups is 1. The van der Waals surface area contributed by atoms with Gasteiger partial charge >= 0.3 is 6.03 Å². The van der Waals surface area contributed by atoms with Gasteiger partial charge in [0.2, 0.25) is 0 Å². The third-order valence-electron chi connectivity index (χ3n) is 4.47. The molecule has 2 N–H and O–H groups in total. The predicted molar refractivity (Wildman–Crippen MR) is 103 cm³/mol. The van der Waals surface area contributed by atoms with Gasteiger partial charge in [-0.2, -0.15) is 0 Å². The lowest BCUT2D eigenvalue weighted by molar-refractivity contribution is 0.0959. The summed E-state index contributed by atoms with van der Waals surface area (Å²) in [5.74, 6) is -2.18.